The molecule has 0 aliphatic heterocycles. The third-order valence-electron chi connectivity index (χ3n) is 1.91. The lowest BCUT2D eigenvalue weighted by Gasteiger charge is -2.26. The zero-order valence-electron chi connectivity index (χ0n) is 7.46. The molecule has 3 heteroatoms. The molecule has 0 aromatic carbocycles. The first-order valence-corrected chi connectivity index (χ1v) is 3.67. The van der Waals surface area contributed by atoms with Gasteiger partial charge in [-0.1, -0.05) is 0 Å². The number of hydrogen-bond acceptors (Lipinski definition) is 3. The Morgan fingerprint density at radius 2 is 1.92 bits per heavy atom. The van der Waals surface area contributed by atoms with E-state index in [2.05, 4.69) is 0 Å². The Hall–Kier alpha value is -0.930. The lowest BCUT2D eigenvalue weighted by atomic mass is 10.0. The molecule has 0 amide bonds. The quantitative estimate of drug-likeness (QED) is 0.578. The summed E-state index contributed by atoms with van der Waals surface area (Å²) in [6.07, 6.45) is 4.72. The van der Waals surface area contributed by atoms with Gasteiger partial charge in [0.2, 0.25) is 5.79 Å². The SMILES string of the molecule is COC1(OC)C=CC(=O)C(C)=C1. The molecule has 0 spiro atoms. The molecule has 0 unspecified atom stereocenters. The minimum Gasteiger partial charge on any atom is -0.346 e. The zero-order valence-corrected chi connectivity index (χ0v) is 7.46. The van der Waals surface area contributed by atoms with Crippen LogP contribution in [0.5, 0.6) is 0 Å². The number of ether oxygens (including phenoxy) is 2. The number of ketones is 1. The summed E-state index contributed by atoms with van der Waals surface area (Å²) < 4.78 is 10.2. The second-order valence-electron chi connectivity index (χ2n) is 2.65. The van der Waals surface area contributed by atoms with Gasteiger partial charge in [0.05, 0.1) is 0 Å². The third kappa shape index (κ3) is 1.47. The molecular weight excluding hydrogens is 156 g/mol. The Morgan fingerprint density at radius 1 is 1.33 bits per heavy atom. The van der Waals surface area contributed by atoms with Crippen molar-refractivity contribution in [3.8, 4) is 0 Å². The van der Waals surface area contributed by atoms with Crippen LogP contribution in [0.15, 0.2) is 23.8 Å². The third-order valence-corrected chi connectivity index (χ3v) is 1.91. The fourth-order valence-electron chi connectivity index (χ4n) is 1.08. The predicted molar refractivity (Wildman–Crippen MR) is 44.7 cm³/mol. The lowest BCUT2D eigenvalue weighted by molar-refractivity contribution is -0.137. The first-order valence-electron chi connectivity index (χ1n) is 3.67. The maximum absolute atomic E-state index is 11.0. The number of hydrogen-bond donors (Lipinski definition) is 0. The molecule has 1 rings (SSSR count). The Balaban J connectivity index is 2.96. The van der Waals surface area contributed by atoms with Crippen molar-refractivity contribution in [3.05, 3.63) is 23.8 Å². The molecule has 3 nitrogen and oxygen atoms in total. The van der Waals surface area contributed by atoms with Gasteiger partial charge >= 0.3 is 0 Å². The van der Waals surface area contributed by atoms with E-state index in [1.165, 1.54) is 20.3 Å². The van der Waals surface area contributed by atoms with Gasteiger partial charge in [-0.3, -0.25) is 4.79 Å². The molecule has 0 bridgehead atoms. The van der Waals surface area contributed by atoms with E-state index in [0.717, 1.165) is 0 Å². The van der Waals surface area contributed by atoms with Gasteiger partial charge < -0.3 is 9.47 Å². The molecule has 0 aromatic heterocycles. The van der Waals surface area contributed by atoms with Crippen molar-refractivity contribution in [2.75, 3.05) is 14.2 Å². The van der Waals surface area contributed by atoms with Crippen molar-refractivity contribution in [1.29, 1.82) is 0 Å². The van der Waals surface area contributed by atoms with Gasteiger partial charge in [0.1, 0.15) is 0 Å². The second kappa shape index (κ2) is 3.21. The van der Waals surface area contributed by atoms with Gasteiger partial charge in [-0.25, -0.2) is 0 Å². The van der Waals surface area contributed by atoms with Crippen molar-refractivity contribution in [2.24, 2.45) is 0 Å². The molecule has 0 heterocycles. The minimum absolute atomic E-state index is 0.000255. The van der Waals surface area contributed by atoms with Crippen LogP contribution >= 0.6 is 0 Å². The molecule has 66 valence electrons. The molecule has 0 aromatic rings. The maximum Gasteiger partial charge on any atom is 0.208 e. The van der Waals surface area contributed by atoms with Gasteiger partial charge in [0, 0.05) is 14.2 Å². The van der Waals surface area contributed by atoms with E-state index in [-0.39, 0.29) is 5.78 Å². The molecule has 1 aliphatic rings. The molecule has 0 N–H and O–H groups in total. The highest BCUT2D eigenvalue weighted by Crippen LogP contribution is 2.21. The van der Waals surface area contributed by atoms with Crippen LogP contribution in [-0.4, -0.2) is 25.8 Å². The minimum atomic E-state index is -0.849. The standard InChI is InChI=1S/C9H12O3/c1-7-6-9(11-2,12-3)5-4-8(7)10/h4-6H,1-3H3. The van der Waals surface area contributed by atoms with E-state index in [1.807, 2.05) is 0 Å². The van der Waals surface area contributed by atoms with Crippen LogP contribution in [-0.2, 0) is 14.3 Å². The van der Waals surface area contributed by atoms with Crippen molar-refractivity contribution in [1.82, 2.24) is 0 Å². The van der Waals surface area contributed by atoms with E-state index in [9.17, 15) is 4.79 Å². The average Bonchev–Trinajstić information content (AvgIpc) is 2.10. The first-order chi connectivity index (χ1) is 5.63. The molecule has 0 fully saturated rings. The van der Waals surface area contributed by atoms with Crippen LogP contribution in [0.25, 0.3) is 0 Å². The molecule has 0 saturated heterocycles. The monoisotopic (exact) mass is 168 g/mol. The van der Waals surface area contributed by atoms with Crippen LogP contribution in [0.2, 0.25) is 0 Å². The van der Waals surface area contributed by atoms with Crippen LogP contribution in [0.3, 0.4) is 0 Å². The Bertz CT molecular complexity index is 246. The van der Waals surface area contributed by atoms with Crippen molar-refractivity contribution in [3.63, 3.8) is 0 Å². The summed E-state index contributed by atoms with van der Waals surface area (Å²) in [5.74, 6) is -0.849. The van der Waals surface area contributed by atoms with Crippen LogP contribution in [0.4, 0.5) is 0 Å². The lowest BCUT2D eigenvalue weighted by Crippen LogP contribution is -2.31. The highest BCUT2D eigenvalue weighted by Gasteiger charge is 2.27. The topological polar surface area (TPSA) is 35.5 Å². The fraction of sp³-hybridized carbons (Fsp3) is 0.444. The molecule has 1 aliphatic carbocycles. The van der Waals surface area contributed by atoms with Crippen LogP contribution < -0.4 is 0 Å². The second-order valence-corrected chi connectivity index (χ2v) is 2.65. The highest BCUT2D eigenvalue weighted by molar-refractivity contribution is 6.04. The summed E-state index contributed by atoms with van der Waals surface area (Å²) in [4.78, 5) is 11.0. The fourth-order valence-corrected chi connectivity index (χ4v) is 1.08. The smallest absolute Gasteiger partial charge is 0.208 e. The van der Waals surface area contributed by atoms with Gasteiger partial charge in [-0.05, 0) is 30.7 Å². The Kier molecular flexibility index (Phi) is 2.45. The van der Waals surface area contributed by atoms with E-state index < -0.39 is 5.79 Å². The van der Waals surface area contributed by atoms with Crippen LogP contribution in [0, 0.1) is 0 Å². The van der Waals surface area contributed by atoms with Gasteiger partial charge in [-0.15, -0.1) is 0 Å². The maximum atomic E-state index is 11.0. The highest BCUT2D eigenvalue weighted by atomic mass is 16.7. The average molecular weight is 168 g/mol. The summed E-state index contributed by atoms with van der Waals surface area (Å²) >= 11 is 0. The first kappa shape index (κ1) is 9.16. The van der Waals surface area contributed by atoms with E-state index in [1.54, 1.807) is 19.1 Å². The zero-order chi connectivity index (χ0) is 9.19. The predicted octanol–water partition coefficient (Wildman–Crippen LogP) is 1.06. The van der Waals surface area contributed by atoms with E-state index >= 15 is 0 Å². The van der Waals surface area contributed by atoms with Crippen molar-refractivity contribution in [2.45, 2.75) is 12.7 Å². The number of carbonyl (C=O) groups excluding carboxylic acids is 1. The largest absolute Gasteiger partial charge is 0.346 e. The normalized spacial score (nSPS) is 20.9. The summed E-state index contributed by atoms with van der Waals surface area (Å²) in [6, 6.07) is 0. The van der Waals surface area contributed by atoms with E-state index in [0.29, 0.717) is 5.57 Å². The molecule has 12 heavy (non-hydrogen) atoms. The van der Waals surface area contributed by atoms with E-state index in [4.69, 9.17) is 9.47 Å². The van der Waals surface area contributed by atoms with Gasteiger partial charge in [-0.2, -0.15) is 0 Å². The van der Waals surface area contributed by atoms with Crippen LogP contribution in [0.1, 0.15) is 6.92 Å². The number of rotatable bonds is 2. The molecular formula is C9H12O3. The summed E-state index contributed by atoms with van der Waals surface area (Å²) in [7, 11) is 3.07. The molecule has 0 atom stereocenters. The Morgan fingerprint density at radius 3 is 2.33 bits per heavy atom. The van der Waals surface area contributed by atoms with Crippen molar-refractivity contribution >= 4 is 5.78 Å². The number of allylic oxidation sites excluding steroid dienone is 2. The number of methoxy groups -OCH3 is 2. The van der Waals surface area contributed by atoms with Gasteiger partial charge in [0.15, 0.2) is 5.78 Å². The summed E-state index contributed by atoms with van der Waals surface area (Å²) in [5.41, 5.74) is 0.640. The molecule has 0 saturated carbocycles. The Labute approximate surface area is 71.7 Å². The summed E-state index contributed by atoms with van der Waals surface area (Å²) in [5, 5.41) is 0. The summed E-state index contributed by atoms with van der Waals surface area (Å²) in [6.45, 7) is 1.73. The van der Waals surface area contributed by atoms with Gasteiger partial charge in [0.25, 0.3) is 0 Å². The number of carbonyl (C=O) groups is 1. The molecule has 0 radical (unpaired) electrons. The van der Waals surface area contributed by atoms with Crippen molar-refractivity contribution < 1.29 is 14.3 Å².